The van der Waals surface area contributed by atoms with E-state index in [4.69, 9.17) is 0 Å². The maximum Gasteiger partial charge on any atom is 0.407 e. The molecule has 0 aromatic carbocycles. The van der Waals surface area contributed by atoms with Crippen LogP contribution in [0.1, 0.15) is 64.0 Å². The molecule has 3 heterocycles. The maximum absolute atomic E-state index is 11.5. The highest BCUT2D eigenvalue weighted by molar-refractivity contribution is 5.65. The van der Waals surface area contributed by atoms with E-state index < -0.39 is 6.09 Å². The molecule has 0 bridgehead atoms. The van der Waals surface area contributed by atoms with Gasteiger partial charge in [-0.05, 0) is 68.5 Å². The summed E-state index contributed by atoms with van der Waals surface area (Å²) >= 11 is 0. The lowest BCUT2D eigenvalue weighted by molar-refractivity contribution is -0.165. The van der Waals surface area contributed by atoms with Crippen molar-refractivity contribution in [2.24, 2.45) is 17.9 Å². The first kappa shape index (κ1) is 18.8. The molecule has 2 saturated heterocycles. The number of amides is 1. The van der Waals surface area contributed by atoms with Crippen LogP contribution in [0.25, 0.3) is 0 Å². The van der Waals surface area contributed by atoms with Gasteiger partial charge >= 0.3 is 6.09 Å². The number of aromatic nitrogens is 2. The van der Waals surface area contributed by atoms with Gasteiger partial charge < -0.3 is 10.0 Å². The molecule has 27 heavy (non-hydrogen) atoms. The number of hydrogen-bond acceptors (Lipinski definition) is 3. The van der Waals surface area contributed by atoms with E-state index in [1.54, 1.807) is 4.90 Å². The standard InChI is InChI=1S/C21H34N4O2/c1-4-21(5-2)18(14-20(21)9-13-25(15-20)19(26)27)24-11-7-16(8-12-24)17-6-10-22-23(17)3/h6,10,16,18H,4-5,7-9,11-15H2,1-3H3,(H,26,27). The van der Waals surface area contributed by atoms with Crippen LogP contribution in [-0.2, 0) is 7.05 Å². The highest BCUT2D eigenvalue weighted by Gasteiger charge is 2.66. The fourth-order valence-electron chi connectivity index (χ4n) is 6.84. The Morgan fingerprint density at radius 3 is 2.48 bits per heavy atom. The Kier molecular flexibility index (Phi) is 4.73. The van der Waals surface area contributed by atoms with Crippen LogP contribution in [0.3, 0.4) is 0 Å². The molecule has 4 rings (SSSR count). The van der Waals surface area contributed by atoms with Crippen LogP contribution < -0.4 is 0 Å². The summed E-state index contributed by atoms with van der Waals surface area (Å²) in [5.41, 5.74) is 1.85. The lowest BCUT2D eigenvalue weighted by Crippen LogP contribution is -2.68. The minimum absolute atomic E-state index is 0.207. The van der Waals surface area contributed by atoms with Gasteiger partial charge in [-0.2, -0.15) is 5.10 Å². The Labute approximate surface area is 162 Å². The summed E-state index contributed by atoms with van der Waals surface area (Å²) in [5, 5.41) is 13.8. The molecule has 2 atom stereocenters. The molecule has 1 aromatic rings. The fourth-order valence-corrected chi connectivity index (χ4v) is 6.84. The van der Waals surface area contributed by atoms with Crippen LogP contribution in [-0.4, -0.2) is 63.0 Å². The Hall–Kier alpha value is -1.56. The summed E-state index contributed by atoms with van der Waals surface area (Å²) in [6.45, 7) is 8.41. The molecule has 6 nitrogen and oxygen atoms in total. The second-order valence-electron chi connectivity index (χ2n) is 9.01. The summed E-state index contributed by atoms with van der Waals surface area (Å²) in [6.07, 6.45) is 8.10. The van der Waals surface area contributed by atoms with Gasteiger partial charge in [0, 0.05) is 44.0 Å². The van der Waals surface area contributed by atoms with E-state index in [2.05, 4.69) is 29.9 Å². The predicted octanol–water partition coefficient (Wildman–Crippen LogP) is 3.55. The van der Waals surface area contributed by atoms with Crippen molar-refractivity contribution in [2.45, 2.75) is 64.3 Å². The van der Waals surface area contributed by atoms with Crippen molar-refractivity contribution < 1.29 is 9.90 Å². The average molecular weight is 375 g/mol. The van der Waals surface area contributed by atoms with Crippen LogP contribution in [0.2, 0.25) is 0 Å². The van der Waals surface area contributed by atoms with Crippen molar-refractivity contribution in [3.63, 3.8) is 0 Å². The minimum Gasteiger partial charge on any atom is -0.465 e. The summed E-state index contributed by atoms with van der Waals surface area (Å²) in [6, 6.07) is 2.79. The third kappa shape index (κ3) is 2.71. The molecule has 2 aliphatic heterocycles. The molecule has 1 N–H and O–H groups in total. The Balaban J connectivity index is 1.46. The van der Waals surface area contributed by atoms with Crippen molar-refractivity contribution in [2.75, 3.05) is 26.2 Å². The van der Waals surface area contributed by atoms with Crippen molar-refractivity contribution in [1.29, 1.82) is 0 Å². The largest absolute Gasteiger partial charge is 0.465 e. The maximum atomic E-state index is 11.5. The summed E-state index contributed by atoms with van der Waals surface area (Å²) < 4.78 is 2.03. The highest BCUT2D eigenvalue weighted by Crippen LogP contribution is 2.66. The fraction of sp³-hybridized carbons (Fsp3) is 0.810. The first-order valence-electron chi connectivity index (χ1n) is 10.7. The summed E-state index contributed by atoms with van der Waals surface area (Å²) in [5.74, 6) is 0.620. The van der Waals surface area contributed by atoms with Crippen molar-refractivity contribution in [3.8, 4) is 0 Å². The van der Waals surface area contributed by atoms with Crippen LogP contribution in [0, 0.1) is 10.8 Å². The zero-order valence-corrected chi connectivity index (χ0v) is 17.0. The van der Waals surface area contributed by atoms with E-state index in [9.17, 15) is 9.90 Å². The van der Waals surface area contributed by atoms with Crippen LogP contribution in [0.4, 0.5) is 4.79 Å². The van der Waals surface area contributed by atoms with Crippen molar-refractivity contribution in [3.05, 3.63) is 18.0 Å². The molecule has 1 aliphatic carbocycles. The van der Waals surface area contributed by atoms with Gasteiger partial charge in [0.15, 0.2) is 0 Å². The van der Waals surface area contributed by atoms with Gasteiger partial charge in [-0.25, -0.2) is 4.79 Å². The lowest BCUT2D eigenvalue weighted by Gasteiger charge is -2.67. The average Bonchev–Trinajstić information content (AvgIpc) is 3.29. The van der Waals surface area contributed by atoms with E-state index in [-0.39, 0.29) is 10.8 Å². The lowest BCUT2D eigenvalue weighted by atomic mass is 9.43. The molecule has 3 aliphatic rings. The number of nitrogens with zero attached hydrogens (tertiary/aromatic N) is 4. The summed E-state index contributed by atoms with van der Waals surface area (Å²) in [7, 11) is 2.05. The molecule has 1 amide bonds. The molecule has 1 aromatic heterocycles. The van der Waals surface area contributed by atoms with Gasteiger partial charge in [0.2, 0.25) is 0 Å². The first-order valence-corrected chi connectivity index (χ1v) is 10.7. The van der Waals surface area contributed by atoms with Crippen LogP contribution >= 0.6 is 0 Å². The van der Waals surface area contributed by atoms with Crippen LogP contribution in [0.5, 0.6) is 0 Å². The zero-order valence-electron chi connectivity index (χ0n) is 17.0. The van der Waals surface area contributed by atoms with Crippen LogP contribution in [0.15, 0.2) is 12.3 Å². The molecule has 3 fully saturated rings. The Bertz CT molecular complexity index is 690. The predicted molar refractivity (Wildman–Crippen MR) is 105 cm³/mol. The second-order valence-corrected chi connectivity index (χ2v) is 9.01. The topological polar surface area (TPSA) is 61.6 Å². The molecule has 1 spiro atoms. The van der Waals surface area contributed by atoms with Gasteiger partial charge in [0.05, 0.1) is 0 Å². The van der Waals surface area contributed by atoms with E-state index in [0.29, 0.717) is 18.5 Å². The van der Waals surface area contributed by atoms with Crippen molar-refractivity contribution >= 4 is 6.09 Å². The number of piperidine rings is 1. The SMILES string of the molecule is CCC1(CC)C(N2CCC(c3ccnn3C)CC2)CC12CCN(C(=O)O)C2. The molecular formula is C21H34N4O2. The number of carbonyl (C=O) groups is 1. The van der Waals surface area contributed by atoms with E-state index in [1.165, 1.54) is 25.0 Å². The number of carboxylic acid groups (broad SMARTS) is 1. The Morgan fingerprint density at radius 1 is 1.26 bits per heavy atom. The van der Waals surface area contributed by atoms with Gasteiger partial charge in [0.25, 0.3) is 0 Å². The second kappa shape index (κ2) is 6.80. The minimum atomic E-state index is -0.742. The molecular weight excluding hydrogens is 340 g/mol. The molecule has 6 heteroatoms. The molecule has 2 unspecified atom stereocenters. The normalized spacial score (nSPS) is 31.4. The van der Waals surface area contributed by atoms with E-state index in [1.807, 2.05) is 17.9 Å². The first-order chi connectivity index (χ1) is 13.0. The number of likely N-dealkylation sites (tertiary alicyclic amines) is 2. The van der Waals surface area contributed by atoms with Gasteiger partial charge in [0.1, 0.15) is 0 Å². The third-order valence-corrected chi connectivity index (χ3v) is 8.41. The smallest absolute Gasteiger partial charge is 0.407 e. The van der Waals surface area contributed by atoms with E-state index >= 15 is 0 Å². The van der Waals surface area contributed by atoms with Gasteiger partial charge in [-0.1, -0.05) is 13.8 Å². The molecule has 150 valence electrons. The number of hydrogen-bond donors (Lipinski definition) is 1. The highest BCUT2D eigenvalue weighted by atomic mass is 16.4. The quantitative estimate of drug-likeness (QED) is 0.875. The monoisotopic (exact) mass is 374 g/mol. The summed E-state index contributed by atoms with van der Waals surface area (Å²) in [4.78, 5) is 15.9. The Morgan fingerprint density at radius 2 is 1.96 bits per heavy atom. The van der Waals surface area contributed by atoms with Crippen molar-refractivity contribution in [1.82, 2.24) is 19.6 Å². The number of aryl methyl sites for hydroxylation is 1. The van der Waals surface area contributed by atoms with Gasteiger partial charge in [-0.15, -0.1) is 0 Å². The third-order valence-electron chi connectivity index (χ3n) is 8.41. The number of rotatable bonds is 4. The van der Waals surface area contributed by atoms with E-state index in [0.717, 1.165) is 38.9 Å². The molecule has 0 radical (unpaired) electrons. The molecule has 1 saturated carbocycles. The zero-order chi connectivity index (χ0) is 19.2. The van der Waals surface area contributed by atoms with Gasteiger partial charge in [-0.3, -0.25) is 9.58 Å².